The molecular weight excluding hydrogens is 462 g/mol. The van der Waals surface area contributed by atoms with E-state index >= 15 is 0 Å². The van der Waals surface area contributed by atoms with Crippen molar-refractivity contribution in [1.29, 1.82) is 0 Å². The first-order valence-electron chi connectivity index (χ1n) is 12.0. The molecule has 0 unspecified atom stereocenters. The number of anilines is 1. The van der Waals surface area contributed by atoms with E-state index in [1.165, 1.54) is 5.56 Å². The highest BCUT2D eigenvalue weighted by Crippen LogP contribution is 2.33. The van der Waals surface area contributed by atoms with E-state index in [2.05, 4.69) is 34.5 Å². The van der Waals surface area contributed by atoms with Crippen LogP contribution in [0.25, 0.3) is 0 Å². The van der Waals surface area contributed by atoms with Gasteiger partial charge in [0.2, 0.25) is 6.79 Å². The monoisotopic (exact) mass is 491 g/mol. The van der Waals surface area contributed by atoms with Crippen LogP contribution < -0.4 is 14.8 Å². The number of hydrogen-bond donors (Lipinski definition) is 1. The summed E-state index contributed by atoms with van der Waals surface area (Å²) in [5.74, 6) is 1.47. The maximum Gasteiger partial charge on any atom is 0.322 e. The average Bonchev–Trinajstić information content (AvgIpc) is 3.34. The van der Waals surface area contributed by atoms with Crippen molar-refractivity contribution < 1.29 is 14.3 Å². The van der Waals surface area contributed by atoms with Crippen molar-refractivity contribution in [2.45, 2.75) is 38.9 Å². The van der Waals surface area contributed by atoms with Crippen LogP contribution in [0, 0.1) is 6.92 Å². The number of nitrogens with zero attached hydrogens (tertiary/aromatic N) is 2. The molecule has 0 bridgehead atoms. The Morgan fingerprint density at radius 2 is 1.77 bits per heavy atom. The summed E-state index contributed by atoms with van der Waals surface area (Å²) >= 11 is 6.30. The molecule has 2 heterocycles. The van der Waals surface area contributed by atoms with Crippen molar-refractivity contribution in [2.75, 3.05) is 25.2 Å². The van der Waals surface area contributed by atoms with Gasteiger partial charge in [0.1, 0.15) is 0 Å². The fourth-order valence-electron chi connectivity index (χ4n) is 4.70. The number of carbonyl (C=O) groups excluding carboxylic acids is 1. The third-order valence-electron chi connectivity index (χ3n) is 6.72. The third kappa shape index (κ3) is 5.72. The van der Waals surface area contributed by atoms with Crippen LogP contribution in [0.15, 0.2) is 66.7 Å². The molecule has 0 saturated carbocycles. The minimum absolute atomic E-state index is 0.121. The van der Waals surface area contributed by atoms with Crippen LogP contribution in [0.5, 0.6) is 11.5 Å². The highest BCUT2D eigenvalue weighted by atomic mass is 35.5. The lowest BCUT2D eigenvalue weighted by Gasteiger charge is -2.38. The molecule has 0 aliphatic carbocycles. The Hall–Kier alpha value is -3.22. The van der Waals surface area contributed by atoms with E-state index in [9.17, 15) is 4.79 Å². The number of amides is 2. The second kappa shape index (κ2) is 10.6. The molecule has 2 aliphatic rings. The van der Waals surface area contributed by atoms with E-state index in [0.717, 1.165) is 55.1 Å². The van der Waals surface area contributed by atoms with Crippen molar-refractivity contribution in [1.82, 2.24) is 9.80 Å². The number of ether oxygens (including phenoxy) is 2. The zero-order valence-corrected chi connectivity index (χ0v) is 20.6. The van der Waals surface area contributed by atoms with E-state index in [1.54, 1.807) is 6.07 Å². The predicted octanol–water partition coefficient (Wildman–Crippen LogP) is 6.08. The number of hydrogen-bond acceptors (Lipinski definition) is 4. The van der Waals surface area contributed by atoms with Crippen molar-refractivity contribution in [3.8, 4) is 11.5 Å². The molecule has 0 radical (unpaired) electrons. The molecule has 2 amide bonds. The van der Waals surface area contributed by atoms with Crippen LogP contribution in [-0.4, -0.2) is 41.8 Å². The summed E-state index contributed by atoms with van der Waals surface area (Å²) in [5, 5.41) is 3.70. The zero-order chi connectivity index (χ0) is 24.2. The molecule has 1 fully saturated rings. The van der Waals surface area contributed by atoms with Crippen molar-refractivity contribution >= 4 is 23.3 Å². The van der Waals surface area contributed by atoms with Crippen LogP contribution in [0.2, 0.25) is 5.02 Å². The van der Waals surface area contributed by atoms with Crippen LogP contribution in [-0.2, 0) is 13.1 Å². The first kappa shape index (κ1) is 23.5. The van der Waals surface area contributed by atoms with E-state index in [-0.39, 0.29) is 18.9 Å². The summed E-state index contributed by atoms with van der Waals surface area (Å²) in [4.78, 5) is 17.9. The lowest BCUT2D eigenvalue weighted by atomic mass is 10.0. The van der Waals surface area contributed by atoms with Crippen molar-refractivity contribution in [3.63, 3.8) is 0 Å². The molecule has 3 aromatic rings. The van der Waals surface area contributed by atoms with E-state index in [0.29, 0.717) is 17.3 Å². The number of carbonyl (C=O) groups is 1. The van der Waals surface area contributed by atoms with Gasteiger partial charge in [-0.1, -0.05) is 54.1 Å². The number of benzene rings is 3. The molecule has 2 aliphatic heterocycles. The van der Waals surface area contributed by atoms with Gasteiger partial charge in [0, 0.05) is 42.9 Å². The quantitative estimate of drug-likeness (QED) is 0.454. The maximum absolute atomic E-state index is 13.5. The SMILES string of the molecule is Cc1ccc(NC(=O)N(Cc2ccc3c(c2)OCO3)C2CCN(Cc3ccccc3)CC2)cc1Cl. The zero-order valence-electron chi connectivity index (χ0n) is 19.9. The van der Waals surface area contributed by atoms with Gasteiger partial charge < -0.3 is 19.7 Å². The molecule has 7 heteroatoms. The van der Waals surface area contributed by atoms with Gasteiger partial charge in [-0.2, -0.15) is 0 Å². The van der Waals surface area contributed by atoms with E-state index in [4.69, 9.17) is 21.1 Å². The van der Waals surface area contributed by atoms with E-state index in [1.807, 2.05) is 48.2 Å². The molecule has 5 rings (SSSR count). The number of halogens is 1. The molecule has 182 valence electrons. The standard InChI is InChI=1S/C28H30ClN3O3/c1-20-7-9-23(16-25(20)29)30-28(33)32(18-22-8-10-26-27(15-22)35-19-34-26)24-11-13-31(14-12-24)17-21-5-3-2-4-6-21/h2-10,15-16,24H,11-14,17-19H2,1H3,(H,30,33). The number of fused-ring (bicyclic) bond motifs is 1. The molecule has 35 heavy (non-hydrogen) atoms. The second-order valence-electron chi connectivity index (χ2n) is 9.20. The highest BCUT2D eigenvalue weighted by molar-refractivity contribution is 6.31. The normalized spacial score (nSPS) is 15.7. The van der Waals surface area contributed by atoms with Gasteiger partial charge in [-0.15, -0.1) is 0 Å². The van der Waals surface area contributed by atoms with Gasteiger partial charge in [0.15, 0.2) is 11.5 Å². The average molecular weight is 492 g/mol. The van der Waals surface area contributed by atoms with Gasteiger partial charge >= 0.3 is 6.03 Å². The molecule has 3 aromatic carbocycles. The van der Waals surface area contributed by atoms with Gasteiger partial charge in [-0.25, -0.2) is 4.79 Å². The minimum Gasteiger partial charge on any atom is -0.454 e. The topological polar surface area (TPSA) is 54.0 Å². The number of likely N-dealkylation sites (tertiary alicyclic amines) is 1. The summed E-state index contributed by atoms with van der Waals surface area (Å²) in [5.41, 5.74) is 4.01. The van der Waals surface area contributed by atoms with Crippen LogP contribution >= 0.6 is 11.6 Å². The van der Waals surface area contributed by atoms with Crippen molar-refractivity contribution in [2.24, 2.45) is 0 Å². The maximum atomic E-state index is 13.5. The van der Waals surface area contributed by atoms with Crippen LogP contribution in [0.1, 0.15) is 29.5 Å². The van der Waals surface area contributed by atoms with Crippen molar-refractivity contribution in [3.05, 3.63) is 88.4 Å². The fraction of sp³-hybridized carbons (Fsp3) is 0.321. The number of nitrogens with one attached hydrogen (secondary N) is 1. The van der Waals surface area contributed by atoms with Gasteiger partial charge in [0.05, 0.1) is 0 Å². The van der Waals surface area contributed by atoms with Gasteiger partial charge in [-0.05, 0) is 60.7 Å². The van der Waals surface area contributed by atoms with Gasteiger partial charge in [0.25, 0.3) is 0 Å². The Kier molecular flexibility index (Phi) is 7.11. The Labute approximate surface area is 211 Å². The molecule has 6 nitrogen and oxygen atoms in total. The Balaban J connectivity index is 1.30. The molecule has 0 aromatic heterocycles. The summed E-state index contributed by atoms with van der Waals surface area (Å²) < 4.78 is 11.0. The summed E-state index contributed by atoms with van der Waals surface area (Å²) in [6.45, 7) is 5.50. The fourth-order valence-corrected chi connectivity index (χ4v) is 4.88. The molecule has 1 saturated heterocycles. The smallest absolute Gasteiger partial charge is 0.322 e. The lowest BCUT2D eigenvalue weighted by Crippen LogP contribution is -2.48. The summed E-state index contributed by atoms with van der Waals surface area (Å²) in [6, 6.07) is 22.0. The van der Waals surface area contributed by atoms with E-state index < -0.39 is 0 Å². The number of urea groups is 1. The molecule has 1 N–H and O–H groups in total. The number of rotatable bonds is 6. The summed E-state index contributed by atoms with van der Waals surface area (Å²) in [7, 11) is 0. The first-order chi connectivity index (χ1) is 17.0. The van der Waals surface area contributed by atoms with Crippen LogP contribution in [0.4, 0.5) is 10.5 Å². The Bertz CT molecular complexity index is 1180. The van der Waals surface area contributed by atoms with Crippen LogP contribution in [0.3, 0.4) is 0 Å². The molecule has 0 atom stereocenters. The second-order valence-corrected chi connectivity index (χ2v) is 9.61. The Morgan fingerprint density at radius 1 is 1.00 bits per heavy atom. The largest absolute Gasteiger partial charge is 0.454 e. The molecular formula is C28H30ClN3O3. The van der Waals surface area contributed by atoms with Gasteiger partial charge in [-0.3, -0.25) is 4.90 Å². The Morgan fingerprint density at radius 3 is 2.54 bits per heavy atom. The summed E-state index contributed by atoms with van der Waals surface area (Å²) in [6.07, 6.45) is 1.83. The predicted molar refractivity (Wildman–Crippen MR) is 138 cm³/mol. The number of aryl methyl sites for hydroxylation is 1. The third-order valence-corrected chi connectivity index (χ3v) is 7.13. The highest BCUT2D eigenvalue weighted by Gasteiger charge is 2.29. The minimum atomic E-state index is -0.121. The molecule has 0 spiro atoms. The first-order valence-corrected chi connectivity index (χ1v) is 12.4. The number of piperidine rings is 1. The lowest BCUT2D eigenvalue weighted by molar-refractivity contribution is 0.119.